The van der Waals surface area contributed by atoms with Crippen LogP contribution in [0.15, 0.2) is 41.6 Å². The van der Waals surface area contributed by atoms with Gasteiger partial charge in [0, 0.05) is 34.1 Å². The SMILES string of the molecule is CCCCN1CN(C(=O)c2ccc(C3=NOC(c4cc(Cl)cc(Cl)c4)(C(F)(F)F)C3)cc2C)CC1=O. The highest BCUT2D eigenvalue weighted by atomic mass is 35.5. The number of carbonyl (C=O) groups excluding carboxylic acids is 2. The summed E-state index contributed by atoms with van der Waals surface area (Å²) < 4.78 is 42.8. The molecule has 2 amide bonds. The van der Waals surface area contributed by atoms with Gasteiger partial charge in [0.15, 0.2) is 0 Å². The molecule has 1 saturated heterocycles. The molecule has 11 heteroatoms. The van der Waals surface area contributed by atoms with Gasteiger partial charge in [0.05, 0.1) is 12.4 Å². The van der Waals surface area contributed by atoms with Gasteiger partial charge in [-0.05, 0) is 54.8 Å². The van der Waals surface area contributed by atoms with Gasteiger partial charge in [-0.2, -0.15) is 13.2 Å². The second kappa shape index (κ2) is 9.94. The Kier molecular flexibility index (Phi) is 7.26. The van der Waals surface area contributed by atoms with Crippen molar-refractivity contribution in [2.24, 2.45) is 5.16 Å². The summed E-state index contributed by atoms with van der Waals surface area (Å²) in [5.41, 5.74) is -1.60. The molecule has 2 aromatic carbocycles. The van der Waals surface area contributed by atoms with Gasteiger partial charge in [-0.25, -0.2) is 0 Å². The maximum absolute atomic E-state index is 14.3. The highest BCUT2D eigenvalue weighted by Gasteiger charge is 2.62. The van der Waals surface area contributed by atoms with Crippen LogP contribution in [0.5, 0.6) is 0 Å². The third kappa shape index (κ3) is 4.91. The van der Waals surface area contributed by atoms with Crippen molar-refractivity contribution in [3.8, 4) is 0 Å². The maximum atomic E-state index is 14.3. The predicted molar refractivity (Wildman–Crippen MR) is 130 cm³/mol. The van der Waals surface area contributed by atoms with E-state index in [0.29, 0.717) is 23.2 Å². The summed E-state index contributed by atoms with van der Waals surface area (Å²) in [6.07, 6.45) is -3.60. The Morgan fingerprint density at radius 2 is 1.86 bits per heavy atom. The van der Waals surface area contributed by atoms with Crippen LogP contribution in [-0.2, 0) is 15.2 Å². The Morgan fingerprint density at radius 3 is 2.47 bits per heavy atom. The number of carbonyl (C=O) groups is 2. The number of amides is 2. The van der Waals surface area contributed by atoms with Gasteiger partial charge in [-0.1, -0.05) is 47.8 Å². The van der Waals surface area contributed by atoms with Crippen molar-refractivity contribution in [2.45, 2.75) is 44.9 Å². The summed E-state index contributed by atoms with van der Waals surface area (Å²) >= 11 is 11.9. The quantitative estimate of drug-likeness (QED) is 0.455. The molecule has 6 nitrogen and oxygen atoms in total. The number of rotatable bonds is 6. The van der Waals surface area contributed by atoms with Gasteiger partial charge in [0.25, 0.3) is 11.5 Å². The molecular weight excluding hydrogens is 518 g/mol. The first kappa shape index (κ1) is 26.3. The van der Waals surface area contributed by atoms with Crippen LogP contribution in [0.2, 0.25) is 10.0 Å². The lowest BCUT2D eigenvalue weighted by atomic mass is 9.86. The number of hydrogen-bond acceptors (Lipinski definition) is 4. The summed E-state index contributed by atoms with van der Waals surface area (Å²) in [6.45, 7) is 4.52. The number of aryl methyl sites for hydroxylation is 1. The predicted octanol–water partition coefficient (Wildman–Crippen LogP) is 5.93. The van der Waals surface area contributed by atoms with Gasteiger partial charge >= 0.3 is 6.18 Å². The van der Waals surface area contributed by atoms with Crippen LogP contribution < -0.4 is 0 Å². The lowest BCUT2D eigenvalue weighted by molar-refractivity contribution is -0.275. The smallest absolute Gasteiger partial charge is 0.374 e. The molecule has 192 valence electrons. The van der Waals surface area contributed by atoms with E-state index in [1.807, 2.05) is 6.92 Å². The van der Waals surface area contributed by atoms with E-state index in [0.717, 1.165) is 25.0 Å². The van der Waals surface area contributed by atoms with E-state index in [1.54, 1.807) is 24.0 Å². The van der Waals surface area contributed by atoms with Crippen molar-refractivity contribution < 1.29 is 27.6 Å². The summed E-state index contributed by atoms with van der Waals surface area (Å²) in [7, 11) is 0. The van der Waals surface area contributed by atoms with Gasteiger partial charge < -0.3 is 14.6 Å². The number of hydrogen-bond donors (Lipinski definition) is 0. The zero-order valence-corrected chi connectivity index (χ0v) is 21.2. The number of halogens is 5. The number of nitrogens with zero attached hydrogens (tertiary/aromatic N) is 3. The van der Waals surface area contributed by atoms with Crippen molar-refractivity contribution in [3.05, 3.63) is 68.7 Å². The third-order valence-electron chi connectivity index (χ3n) is 6.39. The molecule has 1 atom stereocenters. The van der Waals surface area contributed by atoms with E-state index in [9.17, 15) is 22.8 Å². The Hall–Kier alpha value is -2.78. The molecular formula is C25H24Cl2F3N3O3. The second-order valence-electron chi connectivity index (χ2n) is 8.97. The molecule has 2 aliphatic rings. The fourth-order valence-corrected chi connectivity index (χ4v) is 4.90. The molecule has 4 rings (SSSR count). The minimum absolute atomic E-state index is 0.000580. The van der Waals surface area contributed by atoms with E-state index >= 15 is 0 Å². The maximum Gasteiger partial charge on any atom is 0.435 e. The van der Waals surface area contributed by atoms with Crippen molar-refractivity contribution in [2.75, 3.05) is 19.8 Å². The van der Waals surface area contributed by atoms with Gasteiger partial charge in [-0.3, -0.25) is 9.59 Å². The third-order valence-corrected chi connectivity index (χ3v) is 6.83. The Bertz CT molecular complexity index is 1210. The summed E-state index contributed by atoms with van der Waals surface area (Å²) in [4.78, 5) is 33.5. The first-order chi connectivity index (χ1) is 16.9. The molecule has 1 fully saturated rings. The molecule has 2 aromatic rings. The molecule has 2 heterocycles. The Balaban J connectivity index is 1.56. The minimum Gasteiger partial charge on any atom is -0.374 e. The standard InChI is InChI=1S/C25H24Cl2F3N3O3/c1-3-4-7-32-14-33(13-22(32)34)23(35)20-6-5-16(8-15(20)2)21-12-24(36-31-21,25(28,29)30)17-9-18(26)11-19(27)10-17/h5-6,8-11H,3-4,7,12-14H2,1-2H3. The second-order valence-corrected chi connectivity index (χ2v) is 9.85. The molecule has 0 spiro atoms. The van der Waals surface area contributed by atoms with Crippen LogP contribution >= 0.6 is 23.2 Å². The molecule has 0 aromatic heterocycles. The fourth-order valence-electron chi connectivity index (χ4n) is 4.38. The molecule has 0 saturated carbocycles. The first-order valence-corrected chi connectivity index (χ1v) is 12.2. The molecule has 0 bridgehead atoms. The summed E-state index contributed by atoms with van der Waals surface area (Å²) in [5, 5.41) is 3.86. The monoisotopic (exact) mass is 541 g/mol. The molecule has 0 radical (unpaired) electrons. The van der Waals surface area contributed by atoms with Crippen LogP contribution in [0.3, 0.4) is 0 Å². The Morgan fingerprint density at radius 1 is 1.17 bits per heavy atom. The van der Waals surface area contributed by atoms with Crippen LogP contribution in [0.4, 0.5) is 13.2 Å². The highest BCUT2D eigenvalue weighted by molar-refractivity contribution is 6.34. The van der Waals surface area contributed by atoms with Crippen LogP contribution in [0, 0.1) is 6.92 Å². The van der Waals surface area contributed by atoms with Crippen LogP contribution in [0.1, 0.15) is 53.2 Å². The number of benzene rings is 2. The van der Waals surface area contributed by atoms with E-state index in [4.69, 9.17) is 28.0 Å². The van der Waals surface area contributed by atoms with Gasteiger partial charge in [0.2, 0.25) is 5.91 Å². The van der Waals surface area contributed by atoms with E-state index in [2.05, 4.69) is 5.16 Å². The number of alkyl halides is 3. The topological polar surface area (TPSA) is 62.2 Å². The van der Waals surface area contributed by atoms with Gasteiger partial charge in [0.1, 0.15) is 6.54 Å². The lowest BCUT2D eigenvalue weighted by Gasteiger charge is -2.29. The van der Waals surface area contributed by atoms with Crippen LogP contribution in [-0.4, -0.2) is 53.3 Å². The van der Waals surface area contributed by atoms with E-state index in [1.165, 1.54) is 17.0 Å². The van der Waals surface area contributed by atoms with E-state index < -0.39 is 18.2 Å². The lowest BCUT2D eigenvalue weighted by Crippen LogP contribution is -2.42. The van der Waals surface area contributed by atoms with Crippen LogP contribution in [0.25, 0.3) is 0 Å². The molecule has 2 aliphatic heterocycles. The van der Waals surface area contributed by atoms with Gasteiger partial charge in [-0.15, -0.1) is 0 Å². The van der Waals surface area contributed by atoms with Crippen molar-refractivity contribution >= 4 is 40.7 Å². The number of unbranched alkanes of at least 4 members (excludes halogenated alkanes) is 1. The van der Waals surface area contributed by atoms with E-state index in [-0.39, 0.29) is 46.3 Å². The van der Waals surface area contributed by atoms with Crippen molar-refractivity contribution in [1.29, 1.82) is 0 Å². The van der Waals surface area contributed by atoms with Crippen molar-refractivity contribution in [3.63, 3.8) is 0 Å². The normalized spacial score (nSPS) is 20.1. The average molecular weight is 542 g/mol. The molecule has 0 aliphatic carbocycles. The molecule has 0 N–H and O–H groups in total. The zero-order chi connectivity index (χ0) is 26.3. The molecule has 1 unspecified atom stereocenters. The minimum atomic E-state index is -4.80. The highest BCUT2D eigenvalue weighted by Crippen LogP contribution is 2.49. The fraction of sp³-hybridized carbons (Fsp3) is 0.400. The average Bonchev–Trinajstić information content (AvgIpc) is 3.41. The largest absolute Gasteiger partial charge is 0.435 e. The first-order valence-electron chi connectivity index (χ1n) is 11.4. The zero-order valence-electron chi connectivity index (χ0n) is 19.7. The van der Waals surface area contributed by atoms with Crippen molar-refractivity contribution in [1.82, 2.24) is 9.80 Å². The summed E-state index contributed by atoms with van der Waals surface area (Å²) in [6, 6.07) is 8.33. The Labute approximate surface area is 216 Å². The molecule has 36 heavy (non-hydrogen) atoms. The number of oxime groups is 1. The summed E-state index contributed by atoms with van der Waals surface area (Å²) in [5.74, 6) is -0.414.